The van der Waals surface area contributed by atoms with E-state index in [0.717, 1.165) is 16.6 Å². The number of halogens is 1. The lowest BCUT2D eigenvalue weighted by Gasteiger charge is -2.14. The third-order valence-electron chi connectivity index (χ3n) is 2.38. The zero-order valence-corrected chi connectivity index (χ0v) is 9.70. The molecule has 0 aliphatic rings. The Hall–Kier alpha value is -1.32. The molecule has 0 spiro atoms. The maximum atomic E-state index is 9.01. The quantitative estimate of drug-likeness (QED) is 0.861. The molecule has 0 radical (unpaired) electrons. The van der Waals surface area contributed by atoms with Crippen LogP contribution in [0.4, 0.5) is 5.69 Å². The number of aliphatic hydroxyl groups is 1. The summed E-state index contributed by atoms with van der Waals surface area (Å²) in [6.45, 7) is 2.01. The number of fused-ring (bicyclic) bond motifs is 1. The predicted molar refractivity (Wildman–Crippen MR) is 66.9 cm³/mol. The van der Waals surface area contributed by atoms with Crippen LogP contribution in [0.3, 0.4) is 0 Å². The van der Waals surface area contributed by atoms with E-state index in [1.165, 1.54) is 0 Å². The van der Waals surface area contributed by atoms with E-state index in [1.807, 2.05) is 31.2 Å². The fourth-order valence-corrected chi connectivity index (χ4v) is 1.72. The van der Waals surface area contributed by atoms with Crippen molar-refractivity contribution in [3.05, 3.63) is 35.5 Å². The second kappa shape index (κ2) is 4.68. The molecule has 0 aliphatic carbocycles. The molecule has 1 atom stereocenters. The van der Waals surface area contributed by atoms with Gasteiger partial charge in [-0.25, -0.2) is 0 Å². The van der Waals surface area contributed by atoms with Gasteiger partial charge in [-0.3, -0.25) is 4.98 Å². The van der Waals surface area contributed by atoms with Crippen LogP contribution in [0.5, 0.6) is 0 Å². The Morgan fingerprint density at radius 1 is 1.44 bits per heavy atom. The number of nitrogens with one attached hydrogen (secondary N) is 1. The Labute approximate surface area is 99.1 Å². The van der Waals surface area contributed by atoms with E-state index in [4.69, 9.17) is 16.7 Å². The number of aromatic nitrogens is 1. The van der Waals surface area contributed by atoms with Crippen molar-refractivity contribution < 1.29 is 5.11 Å². The van der Waals surface area contributed by atoms with Gasteiger partial charge in [-0.15, -0.1) is 0 Å². The van der Waals surface area contributed by atoms with E-state index in [2.05, 4.69) is 10.3 Å². The summed E-state index contributed by atoms with van der Waals surface area (Å²) in [5, 5.41) is 13.9. The molecule has 1 aromatic heterocycles. The van der Waals surface area contributed by atoms with Crippen molar-refractivity contribution in [3.63, 3.8) is 0 Å². The molecule has 1 heterocycles. The molecule has 2 rings (SSSR count). The van der Waals surface area contributed by atoms with Gasteiger partial charge in [0.25, 0.3) is 0 Å². The highest BCUT2D eigenvalue weighted by Crippen LogP contribution is 2.24. The highest BCUT2D eigenvalue weighted by atomic mass is 35.5. The number of hydrogen-bond acceptors (Lipinski definition) is 3. The lowest BCUT2D eigenvalue weighted by molar-refractivity contribution is 0.281. The molecule has 84 valence electrons. The van der Waals surface area contributed by atoms with Crippen molar-refractivity contribution in [3.8, 4) is 0 Å². The monoisotopic (exact) mass is 236 g/mol. The average molecular weight is 237 g/mol. The Kier molecular flexibility index (Phi) is 3.27. The minimum absolute atomic E-state index is 0.0151. The molecule has 0 aliphatic heterocycles. The van der Waals surface area contributed by atoms with E-state index in [9.17, 15) is 0 Å². The Bertz CT molecular complexity index is 501. The third-order valence-corrected chi connectivity index (χ3v) is 2.62. The van der Waals surface area contributed by atoms with E-state index in [0.29, 0.717) is 5.02 Å². The molecule has 2 aromatic rings. The van der Waals surface area contributed by atoms with Crippen molar-refractivity contribution in [2.24, 2.45) is 0 Å². The molecule has 16 heavy (non-hydrogen) atoms. The van der Waals surface area contributed by atoms with Gasteiger partial charge in [0.1, 0.15) is 0 Å². The summed E-state index contributed by atoms with van der Waals surface area (Å²) >= 11 is 5.90. The van der Waals surface area contributed by atoms with Crippen molar-refractivity contribution in [1.82, 2.24) is 4.98 Å². The number of rotatable bonds is 3. The van der Waals surface area contributed by atoms with Gasteiger partial charge in [-0.2, -0.15) is 0 Å². The first-order valence-electron chi connectivity index (χ1n) is 5.12. The molecular formula is C12H13ClN2O. The number of pyridine rings is 1. The molecule has 4 heteroatoms. The van der Waals surface area contributed by atoms with Gasteiger partial charge in [0.2, 0.25) is 0 Å². The van der Waals surface area contributed by atoms with Crippen LogP contribution in [-0.2, 0) is 0 Å². The number of anilines is 1. The Morgan fingerprint density at radius 2 is 2.25 bits per heavy atom. The van der Waals surface area contributed by atoms with Gasteiger partial charge in [-0.1, -0.05) is 11.6 Å². The minimum atomic E-state index is 0.0151. The topological polar surface area (TPSA) is 45.1 Å². The Morgan fingerprint density at radius 3 is 3.00 bits per heavy atom. The summed E-state index contributed by atoms with van der Waals surface area (Å²) in [6, 6.07) is 7.49. The number of hydrogen-bond donors (Lipinski definition) is 2. The normalized spacial score (nSPS) is 12.7. The Balaban J connectivity index is 2.45. The summed E-state index contributed by atoms with van der Waals surface area (Å²) in [5.74, 6) is 0. The van der Waals surface area contributed by atoms with Crippen LogP contribution in [-0.4, -0.2) is 22.7 Å². The number of benzene rings is 1. The molecule has 1 aromatic carbocycles. The molecule has 0 saturated heterocycles. The summed E-state index contributed by atoms with van der Waals surface area (Å²) in [5.41, 5.74) is 1.81. The molecule has 0 fully saturated rings. The van der Waals surface area contributed by atoms with Gasteiger partial charge < -0.3 is 10.4 Å². The van der Waals surface area contributed by atoms with Crippen LogP contribution in [0.1, 0.15) is 6.92 Å². The summed E-state index contributed by atoms with van der Waals surface area (Å²) in [6.07, 6.45) is 1.73. The largest absolute Gasteiger partial charge is 0.394 e. The third kappa shape index (κ3) is 2.26. The van der Waals surface area contributed by atoms with Crippen molar-refractivity contribution in [2.75, 3.05) is 11.9 Å². The van der Waals surface area contributed by atoms with Crippen molar-refractivity contribution in [1.29, 1.82) is 0 Å². The second-order valence-corrected chi connectivity index (χ2v) is 4.18. The van der Waals surface area contributed by atoms with E-state index < -0.39 is 0 Å². The van der Waals surface area contributed by atoms with Gasteiger partial charge in [0.15, 0.2) is 0 Å². The molecule has 3 nitrogen and oxygen atoms in total. The highest BCUT2D eigenvalue weighted by molar-refractivity contribution is 6.31. The fourth-order valence-electron chi connectivity index (χ4n) is 1.56. The van der Waals surface area contributed by atoms with Crippen LogP contribution < -0.4 is 5.32 Å². The molecule has 2 N–H and O–H groups in total. The molecule has 0 unspecified atom stereocenters. The summed E-state index contributed by atoms with van der Waals surface area (Å²) in [7, 11) is 0. The fraction of sp³-hybridized carbons (Fsp3) is 0.250. The van der Waals surface area contributed by atoms with Gasteiger partial charge >= 0.3 is 0 Å². The molecular weight excluding hydrogens is 224 g/mol. The molecule has 0 amide bonds. The minimum Gasteiger partial charge on any atom is -0.394 e. The van der Waals surface area contributed by atoms with E-state index >= 15 is 0 Å². The molecule has 0 saturated carbocycles. The zero-order valence-electron chi connectivity index (χ0n) is 8.94. The predicted octanol–water partition coefficient (Wildman–Crippen LogP) is 2.68. The SMILES string of the molecule is C[C@@H](CO)Nc1ccnc2cc(Cl)ccc12. The first-order chi connectivity index (χ1) is 7.70. The van der Waals surface area contributed by atoms with Gasteiger partial charge in [0, 0.05) is 28.3 Å². The lowest BCUT2D eigenvalue weighted by Crippen LogP contribution is -2.19. The van der Waals surface area contributed by atoms with E-state index in [1.54, 1.807) is 6.20 Å². The van der Waals surface area contributed by atoms with Crippen molar-refractivity contribution in [2.45, 2.75) is 13.0 Å². The van der Waals surface area contributed by atoms with Crippen LogP contribution >= 0.6 is 11.6 Å². The highest BCUT2D eigenvalue weighted by Gasteiger charge is 2.05. The first-order valence-corrected chi connectivity index (χ1v) is 5.50. The maximum Gasteiger partial charge on any atom is 0.0737 e. The van der Waals surface area contributed by atoms with E-state index in [-0.39, 0.29) is 12.6 Å². The maximum absolute atomic E-state index is 9.01. The van der Waals surface area contributed by atoms with Crippen LogP contribution in [0.15, 0.2) is 30.5 Å². The average Bonchev–Trinajstić information content (AvgIpc) is 2.28. The van der Waals surface area contributed by atoms with Crippen LogP contribution in [0.25, 0.3) is 10.9 Å². The smallest absolute Gasteiger partial charge is 0.0737 e. The zero-order chi connectivity index (χ0) is 11.5. The first kappa shape index (κ1) is 11.2. The van der Waals surface area contributed by atoms with Crippen LogP contribution in [0, 0.1) is 0 Å². The van der Waals surface area contributed by atoms with Gasteiger partial charge in [0.05, 0.1) is 12.1 Å². The standard InChI is InChI=1S/C12H13ClN2O/c1-8(7-16)15-11-4-5-14-12-6-9(13)2-3-10(11)12/h2-6,8,16H,7H2,1H3,(H,14,15)/t8-/m0/s1. The molecule has 0 bridgehead atoms. The van der Waals surface area contributed by atoms with Crippen molar-refractivity contribution >= 4 is 28.2 Å². The summed E-state index contributed by atoms with van der Waals surface area (Å²) in [4.78, 5) is 4.25. The lowest BCUT2D eigenvalue weighted by atomic mass is 10.2. The van der Waals surface area contributed by atoms with Crippen LogP contribution in [0.2, 0.25) is 5.02 Å². The number of nitrogens with zero attached hydrogens (tertiary/aromatic N) is 1. The summed E-state index contributed by atoms with van der Waals surface area (Å²) < 4.78 is 0. The second-order valence-electron chi connectivity index (χ2n) is 3.75. The number of aliphatic hydroxyl groups excluding tert-OH is 1. The van der Waals surface area contributed by atoms with Gasteiger partial charge in [-0.05, 0) is 31.2 Å².